The van der Waals surface area contributed by atoms with Gasteiger partial charge in [0.25, 0.3) is 5.91 Å². The van der Waals surface area contributed by atoms with Crippen molar-refractivity contribution >= 4 is 5.91 Å². The van der Waals surface area contributed by atoms with Gasteiger partial charge in [0.2, 0.25) is 0 Å². The SMILES string of the molecule is Cc1ccc(-c2cc(C(=O)N3CCN(Cc4ccccc4C)CC3)[nH]n2)cc1. The summed E-state index contributed by atoms with van der Waals surface area (Å²) in [5.74, 6) is 0.0291. The van der Waals surface area contributed by atoms with Gasteiger partial charge in [0.15, 0.2) is 0 Å². The molecule has 2 heterocycles. The Bertz CT molecular complexity index is 953. The molecule has 1 N–H and O–H groups in total. The van der Waals surface area contributed by atoms with Gasteiger partial charge in [0, 0.05) is 38.3 Å². The Hall–Kier alpha value is -2.92. The van der Waals surface area contributed by atoms with Crippen molar-refractivity contribution in [3.8, 4) is 11.3 Å². The number of carbonyl (C=O) groups excluding carboxylic acids is 1. The molecule has 28 heavy (non-hydrogen) atoms. The lowest BCUT2D eigenvalue weighted by atomic mass is 10.1. The van der Waals surface area contributed by atoms with E-state index in [0.29, 0.717) is 5.69 Å². The van der Waals surface area contributed by atoms with Crippen molar-refractivity contribution in [2.75, 3.05) is 26.2 Å². The van der Waals surface area contributed by atoms with Crippen LogP contribution in [0.1, 0.15) is 27.2 Å². The van der Waals surface area contributed by atoms with Crippen LogP contribution in [0.15, 0.2) is 54.6 Å². The van der Waals surface area contributed by atoms with E-state index in [1.807, 2.05) is 23.1 Å². The van der Waals surface area contributed by atoms with Crippen LogP contribution >= 0.6 is 0 Å². The summed E-state index contributed by atoms with van der Waals surface area (Å²) < 4.78 is 0. The zero-order chi connectivity index (χ0) is 19.5. The molecule has 0 bridgehead atoms. The molecule has 2 aromatic carbocycles. The van der Waals surface area contributed by atoms with Crippen LogP contribution in [0, 0.1) is 13.8 Å². The highest BCUT2D eigenvalue weighted by molar-refractivity contribution is 5.93. The minimum Gasteiger partial charge on any atom is -0.335 e. The van der Waals surface area contributed by atoms with Crippen LogP contribution in [-0.2, 0) is 6.54 Å². The van der Waals surface area contributed by atoms with E-state index >= 15 is 0 Å². The number of aryl methyl sites for hydroxylation is 2. The minimum atomic E-state index is 0.0291. The van der Waals surface area contributed by atoms with E-state index in [-0.39, 0.29) is 5.91 Å². The molecular formula is C23H26N4O. The number of aromatic amines is 1. The number of nitrogens with one attached hydrogen (secondary N) is 1. The maximum absolute atomic E-state index is 12.9. The Kier molecular flexibility index (Phi) is 5.26. The Morgan fingerprint density at radius 1 is 1.00 bits per heavy atom. The fourth-order valence-electron chi connectivity index (χ4n) is 3.61. The van der Waals surface area contributed by atoms with Crippen LogP contribution in [0.5, 0.6) is 0 Å². The van der Waals surface area contributed by atoms with Gasteiger partial charge in [-0.25, -0.2) is 0 Å². The molecule has 1 saturated heterocycles. The first-order valence-corrected chi connectivity index (χ1v) is 9.79. The molecule has 4 rings (SSSR count). The van der Waals surface area contributed by atoms with E-state index in [2.05, 4.69) is 65.3 Å². The predicted molar refractivity (Wildman–Crippen MR) is 111 cm³/mol. The largest absolute Gasteiger partial charge is 0.335 e. The molecule has 3 aromatic rings. The first-order valence-electron chi connectivity index (χ1n) is 9.79. The molecule has 5 heteroatoms. The molecule has 1 aliphatic heterocycles. The fraction of sp³-hybridized carbons (Fsp3) is 0.304. The van der Waals surface area contributed by atoms with Gasteiger partial charge in [-0.1, -0.05) is 54.1 Å². The first-order chi connectivity index (χ1) is 13.6. The van der Waals surface area contributed by atoms with Gasteiger partial charge in [-0.15, -0.1) is 0 Å². The van der Waals surface area contributed by atoms with Gasteiger partial charge < -0.3 is 4.90 Å². The van der Waals surface area contributed by atoms with Crippen molar-refractivity contribution in [3.05, 3.63) is 77.0 Å². The highest BCUT2D eigenvalue weighted by Gasteiger charge is 2.23. The number of benzene rings is 2. The van der Waals surface area contributed by atoms with E-state index in [9.17, 15) is 4.79 Å². The highest BCUT2D eigenvalue weighted by atomic mass is 16.2. The summed E-state index contributed by atoms with van der Waals surface area (Å²) in [5.41, 5.74) is 6.27. The molecule has 0 spiro atoms. The van der Waals surface area contributed by atoms with Crippen LogP contribution in [-0.4, -0.2) is 52.1 Å². The average Bonchev–Trinajstić information content (AvgIpc) is 3.20. The fourth-order valence-corrected chi connectivity index (χ4v) is 3.61. The Labute approximate surface area is 166 Å². The summed E-state index contributed by atoms with van der Waals surface area (Å²) in [5, 5.41) is 7.25. The number of H-pyrrole nitrogens is 1. The Morgan fingerprint density at radius 2 is 1.71 bits per heavy atom. The summed E-state index contributed by atoms with van der Waals surface area (Å²) in [6.07, 6.45) is 0. The number of rotatable bonds is 4. The molecule has 5 nitrogen and oxygen atoms in total. The molecular weight excluding hydrogens is 348 g/mol. The van der Waals surface area contributed by atoms with Crippen molar-refractivity contribution in [2.24, 2.45) is 0 Å². The molecule has 1 fully saturated rings. The lowest BCUT2D eigenvalue weighted by Crippen LogP contribution is -2.48. The van der Waals surface area contributed by atoms with Crippen molar-refractivity contribution < 1.29 is 4.79 Å². The third-order valence-electron chi connectivity index (χ3n) is 5.47. The molecule has 0 aliphatic carbocycles. The Morgan fingerprint density at radius 3 is 2.43 bits per heavy atom. The second kappa shape index (κ2) is 7.98. The van der Waals surface area contributed by atoms with Gasteiger partial charge in [-0.2, -0.15) is 5.10 Å². The number of aromatic nitrogens is 2. The maximum Gasteiger partial charge on any atom is 0.271 e. The number of hydrogen-bond donors (Lipinski definition) is 1. The van der Waals surface area contributed by atoms with Crippen molar-refractivity contribution in [1.29, 1.82) is 0 Å². The first kappa shape index (κ1) is 18.4. The van der Waals surface area contributed by atoms with Crippen LogP contribution in [0.3, 0.4) is 0 Å². The third kappa shape index (κ3) is 3.99. The van der Waals surface area contributed by atoms with Crippen LogP contribution < -0.4 is 0 Å². The molecule has 1 aromatic heterocycles. The maximum atomic E-state index is 12.9. The quantitative estimate of drug-likeness (QED) is 0.758. The average molecular weight is 374 g/mol. The van der Waals surface area contributed by atoms with E-state index in [1.165, 1.54) is 16.7 Å². The van der Waals surface area contributed by atoms with Gasteiger partial charge in [0.1, 0.15) is 5.69 Å². The lowest BCUT2D eigenvalue weighted by molar-refractivity contribution is 0.0622. The molecule has 0 radical (unpaired) electrons. The van der Waals surface area contributed by atoms with E-state index in [0.717, 1.165) is 44.0 Å². The van der Waals surface area contributed by atoms with Gasteiger partial charge in [0.05, 0.1) is 5.69 Å². The summed E-state index contributed by atoms with van der Waals surface area (Å²) in [4.78, 5) is 17.2. The number of amides is 1. The van der Waals surface area contributed by atoms with E-state index in [1.54, 1.807) is 0 Å². The second-order valence-electron chi connectivity index (χ2n) is 7.53. The van der Waals surface area contributed by atoms with Crippen molar-refractivity contribution in [1.82, 2.24) is 20.0 Å². The molecule has 0 unspecified atom stereocenters. The smallest absolute Gasteiger partial charge is 0.271 e. The normalized spacial score (nSPS) is 15.0. The van der Waals surface area contributed by atoms with Crippen LogP contribution in [0.4, 0.5) is 0 Å². The topological polar surface area (TPSA) is 52.2 Å². The lowest BCUT2D eigenvalue weighted by Gasteiger charge is -2.34. The zero-order valence-corrected chi connectivity index (χ0v) is 16.5. The number of carbonyl (C=O) groups is 1. The van der Waals surface area contributed by atoms with Crippen molar-refractivity contribution in [2.45, 2.75) is 20.4 Å². The van der Waals surface area contributed by atoms with E-state index in [4.69, 9.17) is 0 Å². The molecule has 1 amide bonds. The van der Waals surface area contributed by atoms with Gasteiger partial charge in [-0.05, 0) is 31.0 Å². The summed E-state index contributed by atoms with van der Waals surface area (Å²) in [6, 6.07) is 18.5. The zero-order valence-electron chi connectivity index (χ0n) is 16.5. The molecule has 0 saturated carbocycles. The Balaban J connectivity index is 1.36. The molecule has 144 valence electrons. The summed E-state index contributed by atoms with van der Waals surface area (Å²) in [7, 11) is 0. The number of hydrogen-bond acceptors (Lipinski definition) is 3. The minimum absolute atomic E-state index is 0.0291. The predicted octanol–water partition coefficient (Wildman–Crippen LogP) is 3.65. The monoisotopic (exact) mass is 374 g/mol. The number of piperazine rings is 1. The van der Waals surface area contributed by atoms with Gasteiger partial charge in [-0.3, -0.25) is 14.8 Å². The summed E-state index contributed by atoms with van der Waals surface area (Å²) in [6.45, 7) is 8.41. The summed E-state index contributed by atoms with van der Waals surface area (Å²) >= 11 is 0. The second-order valence-corrected chi connectivity index (χ2v) is 7.53. The van der Waals surface area contributed by atoms with E-state index < -0.39 is 0 Å². The van der Waals surface area contributed by atoms with Gasteiger partial charge >= 0.3 is 0 Å². The highest BCUT2D eigenvalue weighted by Crippen LogP contribution is 2.19. The number of nitrogens with zero attached hydrogens (tertiary/aromatic N) is 3. The standard InChI is InChI=1S/C23H26N4O/c1-17-7-9-19(10-8-17)21-15-22(25-24-21)23(28)27-13-11-26(12-14-27)16-20-6-4-3-5-18(20)2/h3-10,15H,11-14,16H2,1-2H3,(H,24,25). The van der Waals surface area contributed by atoms with Crippen molar-refractivity contribution in [3.63, 3.8) is 0 Å². The van der Waals surface area contributed by atoms with Crippen LogP contribution in [0.2, 0.25) is 0 Å². The van der Waals surface area contributed by atoms with Crippen LogP contribution in [0.25, 0.3) is 11.3 Å². The molecule has 0 atom stereocenters. The third-order valence-corrected chi connectivity index (χ3v) is 5.47. The molecule has 1 aliphatic rings.